The minimum absolute atomic E-state index is 0.545. The summed E-state index contributed by atoms with van der Waals surface area (Å²) in [5.41, 5.74) is 7.79. The summed E-state index contributed by atoms with van der Waals surface area (Å²) in [6.07, 6.45) is 0. The van der Waals surface area contributed by atoms with Gasteiger partial charge < -0.3 is 5.73 Å². The van der Waals surface area contributed by atoms with Gasteiger partial charge in [0.1, 0.15) is 0 Å². The number of aromatic nitrogens is 2. The van der Waals surface area contributed by atoms with Crippen molar-refractivity contribution in [2.24, 2.45) is 5.73 Å². The molecule has 0 unspecified atom stereocenters. The third-order valence-corrected chi connectivity index (χ3v) is 2.25. The zero-order chi connectivity index (χ0) is 8.55. The minimum Gasteiger partial charge on any atom is -0.325 e. The van der Waals surface area contributed by atoms with Crippen molar-refractivity contribution in [2.45, 2.75) is 19.6 Å². The molecule has 0 fully saturated rings. The first-order valence-corrected chi connectivity index (χ1v) is 4.24. The number of nitrogens with zero attached hydrogens (tertiary/aromatic N) is 3. The Balaban J connectivity index is 2.28. The molecule has 1 aromatic heterocycles. The summed E-state index contributed by atoms with van der Waals surface area (Å²) < 4.78 is 2.06. The molecular formula is C8H14N4. The maximum absolute atomic E-state index is 5.51. The van der Waals surface area contributed by atoms with Crippen LogP contribution in [0.3, 0.4) is 0 Å². The lowest BCUT2D eigenvalue weighted by Crippen LogP contribution is -2.30. The summed E-state index contributed by atoms with van der Waals surface area (Å²) >= 11 is 0. The highest BCUT2D eigenvalue weighted by Crippen LogP contribution is 2.11. The van der Waals surface area contributed by atoms with Gasteiger partial charge >= 0.3 is 0 Å². The maximum atomic E-state index is 5.51. The van der Waals surface area contributed by atoms with Crippen molar-refractivity contribution in [1.29, 1.82) is 0 Å². The maximum Gasteiger partial charge on any atom is 0.0763 e. The van der Waals surface area contributed by atoms with Gasteiger partial charge in [-0.3, -0.25) is 9.58 Å². The summed E-state index contributed by atoms with van der Waals surface area (Å²) in [4.78, 5) is 2.29. The number of rotatable bonds is 1. The summed E-state index contributed by atoms with van der Waals surface area (Å²) in [7, 11) is 2.12. The molecule has 0 spiro atoms. The monoisotopic (exact) mass is 166 g/mol. The van der Waals surface area contributed by atoms with Crippen molar-refractivity contribution in [1.82, 2.24) is 14.7 Å². The fourth-order valence-electron chi connectivity index (χ4n) is 1.56. The van der Waals surface area contributed by atoms with Crippen LogP contribution in [0.5, 0.6) is 0 Å². The Kier molecular flexibility index (Phi) is 1.86. The van der Waals surface area contributed by atoms with Crippen LogP contribution in [0.25, 0.3) is 0 Å². The van der Waals surface area contributed by atoms with E-state index in [-0.39, 0.29) is 0 Å². The SMILES string of the molecule is CN1CCn2nc(CN)cc2C1. The molecular weight excluding hydrogens is 152 g/mol. The van der Waals surface area contributed by atoms with Gasteiger partial charge in [-0.05, 0) is 13.1 Å². The van der Waals surface area contributed by atoms with E-state index < -0.39 is 0 Å². The van der Waals surface area contributed by atoms with Crippen LogP contribution in [0, 0.1) is 0 Å². The summed E-state index contributed by atoms with van der Waals surface area (Å²) in [5.74, 6) is 0. The molecule has 0 radical (unpaired) electrons. The zero-order valence-corrected chi connectivity index (χ0v) is 7.32. The van der Waals surface area contributed by atoms with Crippen molar-refractivity contribution in [3.05, 3.63) is 17.5 Å². The fraction of sp³-hybridized carbons (Fsp3) is 0.625. The van der Waals surface area contributed by atoms with Gasteiger partial charge in [0.25, 0.3) is 0 Å². The van der Waals surface area contributed by atoms with E-state index in [1.807, 2.05) is 0 Å². The van der Waals surface area contributed by atoms with Crippen molar-refractivity contribution < 1.29 is 0 Å². The molecule has 0 aliphatic carbocycles. The fourth-order valence-corrected chi connectivity index (χ4v) is 1.56. The van der Waals surface area contributed by atoms with Crippen LogP contribution in [-0.4, -0.2) is 28.3 Å². The molecule has 0 saturated carbocycles. The second-order valence-corrected chi connectivity index (χ2v) is 3.29. The Morgan fingerprint density at radius 3 is 3.17 bits per heavy atom. The van der Waals surface area contributed by atoms with E-state index in [1.54, 1.807) is 0 Å². The van der Waals surface area contributed by atoms with E-state index in [4.69, 9.17) is 5.73 Å². The molecule has 0 saturated heterocycles. The lowest BCUT2D eigenvalue weighted by molar-refractivity contribution is 0.258. The molecule has 66 valence electrons. The number of hydrogen-bond acceptors (Lipinski definition) is 3. The smallest absolute Gasteiger partial charge is 0.0763 e. The van der Waals surface area contributed by atoms with E-state index >= 15 is 0 Å². The van der Waals surface area contributed by atoms with Crippen LogP contribution in [0.15, 0.2) is 6.07 Å². The standard InChI is InChI=1S/C8H14N4/c1-11-2-3-12-8(6-11)4-7(5-9)10-12/h4H,2-3,5-6,9H2,1H3. The van der Waals surface area contributed by atoms with Gasteiger partial charge in [0.05, 0.1) is 17.9 Å². The highest BCUT2D eigenvalue weighted by Gasteiger charge is 2.14. The van der Waals surface area contributed by atoms with E-state index in [1.165, 1.54) is 5.69 Å². The molecule has 2 heterocycles. The molecule has 0 atom stereocenters. The van der Waals surface area contributed by atoms with Gasteiger partial charge in [-0.1, -0.05) is 0 Å². The van der Waals surface area contributed by atoms with E-state index in [0.29, 0.717) is 6.54 Å². The van der Waals surface area contributed by atoms with Gasteiger partial charge in [0.2, 0.25) is 0 Å². The van der Waals surface area contributed by atoms with Crippen LogP contribution in [0.1, 0.15) is 11.4 Å². The average molecular weight is 166 g/mol. The van der Waals surface area contributed by atoms with Crippen molar-refractivity contribution >= 4 is 0 Å². The number of fused-ring (bicyclic) bond motifs is 1. The number of nitrogens with two attached hydrogens (primary N) is 1. The van der Waals surface area contributed by atoms with E-state index in [9.17, 15) is 0 Å². The Bertz CT molecular complexity index is 279. The third-order valence-electron chi connectivity index (χ3n) is 2.25. The topological polar surface area (TPSA) is 47.1 Å². The molecule has 2 N–H and O–H groups in total. The Labute approximate surface area is 72.0 Å². The zero-order valence-electron chi connectivity index (χ0n) is 7.32. The highest BCUT2D eigenvalue weighted by atomic mass is 15.3. The molecule has 1 aliphatic heterocycles. The van der Waals surface area contributed by atoms with Crippen molar-refractivity contribution in [2.75, 3.05) is 13.6 Å². The van der Waals surface area contributed by atoms with Crippen molar-refractivity contribution in [3.63, 3.8) is 0 Å². The average Bonchev–Trinajstić information content (AvgIpc) is 2.46. The first-order valence-electron chi connectivity index (χ1n) is 4.24. The number of hydrogen-bond donors (Lipinski definition) is 1. The van der Waals surface area contributed by atoms with Gasteiger partial charge in [0.15, 0.2) is 0 Å². The molecule has 0 aromatic carbocycles. The van der Waals surface area contributed by atoms with Crippen molar-refractivity contribution in [3.8, 4) is 0 Å². The first kappa shape index (κ1) is 7.76. The van der Waals surface area contributed by atoms with Crippen LogP contribution in [-0.2, 0) is 19.6 Å². The normalized spacial score (nSPS) is 17.8. The summed E-state index contributed by atoms with van der Waals surface area (Å²) in [6, 6.07) is 2.09. The van der Waals surface area contributed by atoms with Crippen LogP contribution in [0.4, 0.5) is 0 Å². The van der Waals surface area contributed by atoms with Gasteiger partial charge in [-0.2, -0.15) is 5.10 Å². The van der Waals surface area contributed by atoms with Crippen LogP contribution < -0.4 is 5.73 Å². The largest absolute Gasteiger partial charge is 0.325 e. The minimum atomic E-state index is 0.545. The Hall–Kier alpha value is -0.870. The predicted octanol–water partition coefficient (Wildman–Crippen LogP) is -0.213. The molecule has 4 heteroatoms. The van der Waals surface area contributed by atoms with Gasteiger partial charge in [-0.25, -0.2) is 0 Å². The second kappa shape index (κ2) is 2.88. The van der Waals surface area contributed by atoms with Gasteiger partial charge in [0, 0.05) is 19.6 Å². The lowest BCUT2D eigenvalue weighted by Gasteiger charge is -2.22. The van der Waals surface area contributed by atoms with E-state index in [0.717, 1.165) is 25.3 Å². The highest BCUT2D eigenvalue weighted by molar-refractivity contribution is 5.11. The molecule has 1 aliphatic rings. The molecule has 2 rings (SSSR count). The number of likely N-dealkylation sites (N-methyl/N-ethyl adjacent to an activating group) is 1. The Morgan fingerprint density at radius 2 is 2.42 bits per heavy atom. The summed E-state index contributed by atoms with van der Waals surface area (Å²) in [5, 5.41) is 4.37. The lowest BCUT2D eigenvalue weighted by atomic mass is 10.3. The molecule has 1 aromatic rings. The third kappa shape index (κ3) is 1.23. The summed E-state index contributed by atoms with van der Waals surface area (Å²) in [6.45, 7) is 3.61. The molecule has 0 bridgehead atoms. The molecule has 12 heavy (non-hydrogen) atoms. The Morgan fingerprint density at radius 1 is 1.58 bits per heavy atom. The van der Waals surface area contributed by atoms with Crippen LogP contribution >= 0.6 is 0 Å². The molecule has 0 amide bonds. The first-order chi connectivity index (χ1) is 5.79. The second-order valence-electron chi connectivity index (χ2n) is 3.29. The van der Waals surface area contributed by atoms with Crippen LogP contribution in [0.2, 0.25) is 0 Å². The van der Waals surface area contributed by atoms with Gasteiger partial charge in [-0.15, -0.1) is 0 Å². The van der Waals surface area contributed by atoms with E-state index in [2.05, 4.69) is 27.8 Å². The quantitative estimate of drug-likeness (QED) is 0.628. The molecule has 4 nitrogen and oxygen atoms in total. The predicted molar refractivity (Wildman–Crippen MR) is 46.5 cm³/mol.